The Bertz CT molecular complexity index is 442. The monoisotopic (exact) mass is 264 g/mol. The van der Waals surface area contributed by atoms with Gasteiger partial charge in [-0.1, -0.05) is 31.7 Å². The zero-order chi connectivity index (χ0) is 13.7. The van der Waals surface area contributed by atoms with E-state index in [-0.39, 0.29) is 11.6 Å². The molecule has 0 bridgehead atoms. The standard InChI is InChI=1S/C15H21FN2O/c16-13-9-12(10-17)5-7-14(13)18-15(19)8-6-11-3-1-2-4-11/h5,7,9,11H,1-4,6,8,10,17H2,(H,18,19). The second-order valence-electron chi connectivity index (χ2n) is 5.26. The van der Waals surface area contributed by atoms with Gasteiger partial charge in [-0.25, -0.2) is 4.39 Å². The van der Waals surface area contributed by atoms with E-state index < -0.39 is 5.82 Å². The number of anilines is 1. The molecule has 3 nitrogen and oxygen atoms in total. The van der Waals surface area contributed by atoms with Gasteiger partial charge in [0.15, 0.2) is 0 Å². The highest BCUT2D eigenvalue weighted by atomic mass is 19.1. The number of carbonyl (C=O) groups is 1. The molecule has 0 aromatic heterocycles. The van der Waals surface area contributed by atoms with Crippen molar-refractivity contribution in [2.75, 3.05) is 5.32 Å². The first-order valence-corrected chi connectivity index (χ1v) is 6.97. The molecule has 104 valence electrons. The molecule has 3 N–H and O–H groups in total. The van der Waals surface area contributed by atoms with Crippen LogP contribution in [0, 0.1) is 11.7 Å². The normalized spacial score (nSPS) is 15.7. The van der Waals surface area contributed by atoms with E-state index in [2.05, 4.69) is 5.32 Å². The first kappa shape index (κ1) is 14.0. The van der Waals surface area contributed by atoms with E-state index in [1.165, 1.54) is 31.7 Å². The Kier molecular flexibility index (Phi) is 4.91. The van der Waals surface area contributed by atoms with Crippen LogP contribution in [-0.4, -0.2) is 5.91 Å². The summed E-state index contributed by atoms with van der Waals surface area (Å²) in [6, 6.07) is 4.67. The second kappa shape index (κ2) is 6.66. The quantitative estimate of drug-likeness (QED) is 0.858. The molecule has 1 aromatic rings. The van der Waals surface area contributed by atoms with Crippen molar-refractivity contribution < 1.29 is 9.18 Å². The van der Waals surface area contributed by atoms with Crippen LogP contribution in [0.1, 0.15) is 44.1 Å². The fourth-order valence-corrected chi connectivity index (χ4v) is 2.63. The van der Waals surface area contributed by atoms with E-state index in [0.717, 1.165) is 12.0 Å². The third-order valence-electron chi connectivity index (χ3n) is 3.80. The molecule has 0 saturated heterocycles. The van der Waals surface area contributed by atoms with Crippen molar-refractivity contribution in [1.82, 2.24) is 0 Å². The Morgan fingerprint density at radius 1 is 1.37 bits per heavy atom. The molecule has 0 heterocycles. The van der Waals surface area contributed by atoms with E-state index in [4.69, 9.17) is 5.73 Å². The van der Waals surface area contributed by atoms with Crippen molar-refractivity contribution in [1.29, 1.82) is 0 Å². The Morgan fingerprint density at radius 3 is 2.74 bits per heavy atom. The van der Waals surface area contributed by atoms with Crippen molar-refractivity contribution in [3.05, 3.63) is 29.6 Å². The maximum atomic E-state index is 13.7. The fourth-order valence-electron chi connectivity index (χ4n) is 2.63. The fraction of sp³-hybridized carbons (Fsp3) is 0.533. The minimum Gasteiger partial charge on any atom is -0.326 e. The third kappa shape index (κ3) is 4.03. The summed E-state index contributed by atoms with van der Waals surface area (Å²) >= 11 is 0. The number of hydrogen-bond donors (Lipinski definition) is 2. The van der Waals surface area contributed by atoms with Crippen LogP contribution in [0.25, 0.3) is 0 Å². The molecule has 2 rings (SSSR count). The Morgan fingerprint density at radius 2 is 2.11 bits per heavy atom. The Hall–Kier alpha value is -1.42. The average molecular weight is 264 g/mol. The van der Waals surface area contributed by atoms with Crippen LogP contribution in [-0.2, 0) is 11.3 Å². The minimum absolute atomic E-state index is 0.105. The van der Waals surface area contributed by atoms with Crippen LogP contribution < -0.4 is 11.1 Å². The second-order valence-corrected chi connectivity index (χ2v) is 5.26. The number of nitrogens with two attached hydrogens (primary N) is 1. The summed E-state index contributed by atoms with van der Waals surface area (Å²) in [4.78, 5) is 11.8. The molecule has 1 aliphatic carbocycles. The van der Waals surface area contributed by atoms with Crippen molar-refractivity contribution in [2.24, 2.45) is 11.7 Å². The van der Waals surface area contributed by atoms with Crippen molar-refractivity contribution in [2.45, 2.75) is 45.1 Å². The number of rotatable bonds is 5. The first-order chi connectivity index (χ1) is 9.19. The molecule has 0 atom stereocenters. The first-order valence-electron chi connectivity index (χ1n) is 6.97. The van der Waals surface area contributed by atoms with Gasteiger partial charge in [0.05, 0.1) is 5.69 Å². The molecule has 1 saturated carbocycles. The number of halogens is 1. The summed E-state index contributed by atoms with van der Waals surface area (Å²) in [5.41, 5.74) is 6.40. The highest BCUT2D eigenvalue weighted by molar-refractivity contribution is 5.90. The van der Waals surface area contributed by atoms with Crippen LogP contribution >= 0.6 is 0 Å². The number of hydrogen-bond acceptors (Lipinski definition) is 2. The summed E-state index contributed by atoms with van der Waals surface area (Å²) < 4.78 is 13.7. The van der Waals surface area contributed by atoms with E-state index in [1.54, 1.807) is 12.1 Å². The van der Waals surface area contributed by atoms with Gasteiger partial charge in [-0.15, -0.1) is 0 Å². The van der Waals surface area contributed by atoms with Gasteiger partial charge in [0, 0.05) is 13.0 Å². The van der Waals surface area contributed by atoms with E-state index in [9.17, 15) is 9.18 Å². The lowest BCUT2D eigenvalue weighted by Gasteiger charge is -2.10. The molecule has 4 heteroatoms. The van der Waals surface area contributed by atoms with Crippen molar-refractivity contribution in [3.8, 4) is 0 Å². The van der Waals surface area contributed by atoms with Gasteiger partial charge in [0.2, 0.25) is 5.91 Å². The number of amides is 1. The summed E-state index contributed by atoms with van der Waals surface area (Å²) in [7, 11) is 0. The van der Waals surface area contributed by atoms with E-state index in [0.29, 0.717) is 18.9 Å². The number of carbonyl (C=O) groups excluding carboxylic acids is 1. The molecule has 0 unspecified atom stereocenters. The van der Waals surface area contributed by atoms with Gasteiger partial charge in [-0.2, -0.15) is 0 Å². The summed E-state index contributed by atoms with van der Waals surface area (Å²) in [5.74, 6) is 0.152. The molecule has 1 aliphatic rings. The highest BCUT2D eigenvalue weighted by Crippen LogP contribution is 2.28. The van der Waals surface area contributed by atoms with Gasteiger partial charge in [-0.3, -0.25) is 4.79 Å². The molecule has 1 aromatic carbocycles. The predicted molar refractivity (Wildman–Crippen MR) is 74.1 cm³/mol. The van der Waals surface area contributed by atoms with E-state index in [1.807, 2.05) is 0 Å². The average Bonchev–Trinajstić information content (AvgIpc) is 2.92. The highest BCUT2D eigenvalue weighted by Gasteiger charge is 2.16. The van der Waals surface area contributed by atoms with E-state index >= 15 is 0 Å². The van der Waals surface area contributed by atoms with Gasteiger partial charge < -0.3 is 11.1 Å². The maximum Gasteiger partial charge on any atom is 0.224 e. The lowest BCUT2D eigenvalue weighted by Crippen LogP contribution is -2.14. The topological polar surface area (TPSA) is 55.1 Å². The van der Waals surface area contributed by atoms with Crippen LogP contribution in [0.3, 0.4) is 0 Å². The molecule has 0 spiro atoms. The largest absolute Gasteiger partial charge is 0.326 e. The zero-order valence-corrected chi connectivity index (χ0v) is 11.1. The van der Waals surface area contributed by atoms with Gasteiger partial charge >= 0.3 is 0 Å². The molecule has 0 aliphatic heterocycles. The molecule has 0 radical (unpaired) electrons. The molecule has 19 heavy (non-hydrogen) atoms. The third-order valence-corrected chi connectivity index (χ3v) is 3.80. The van der Waals surface area contributed by atoms with Crippen molar-refractivity contribution >= 4 is 11.6 Å². The summed E-state index contributed by atoms with van der Waals surface area (Å²) in [6.45, 7) is 0.298. The Labute approximate surface area is 113 Å². The molecule has 1 fully saturated rings. The summed E-state index contributed by atoms with van der Waals surface area (Å²) in [5, 5.41) is 2.63. The van der Waals surface area contributed by atoms with Gasteiger partial charge in [0.25, 0.3) is 0 Å². The minimum atomic E-state index is -0.419. The molecule has 1 amide bonds. The maximum absolute atomic E-state index is 13.7. The SMILES string of the molecule is NCc1ccc(NC(=O)CCC2CCCC2)c(F)c1. The van der Waals surface area contributed by atoms with Gasteiger partial charge in [-0.05, 0) is 30.0 Å². The van der Waals surface area contributed by atoms with Crippen LogP contribution in [0.2, 0.25) is 0 Å². The zero-order valence-electron chi connectivity index (χ0n) is 11.1. The molecular weight excluding hydrogens is 243 g/mol. The Balaban J connectivity index is 1.84. The van der Waals surface area contributed by atoms with Crippen LogP contribution in [0.4, 0.5) is 10.1 Å². The lowest BCUT2D eigenvalue weighted by molar-refractivity contribution is -0.116. The summed E-state index contributed by atoms with van der Waals surface area (Å²) in [6.07, 6.45) is 6.40. The smallest absolute Gasteiger partial charge is 0.224 e. The number of nitrogens with one attached hydrogen (secondary N) is 1. The number of benzene rings is 1. The van der Waals surface area contributed by atoms with Crippen LogP contribution in [0.5, 0.6) is 0 Å². The predicted octanol–water partition coefficient (Wildman–Crippen LogP) is 3.19. The van der Waals surface area contributed by atoms with Crippen LogP contribution in [0.15, 0.2) is 18.2 Å². The lowest BCUT2D eigenvalue weighted by atomic mass is 10.0. The van der Waals surface area contributed by atoms with Gasteiger partial charge in [0.1, 0.15) is 5.82 Å². The molecular formula is C15H21FN2O. The van der Waals surface area contributed by atoms with Crippen molar-refractivity contribution in [3.63, 3.8) is 0 Å².